The van der Waals surface area contributed by atoms with Crippen molar-refractivity contribution in [2.75, 3.05) is 64.8 Å². The Balaban J connectivity index is 1.47. The lowest BCUT2D eigenvalue weighted by atomic mass is 9.60. The first-order valence-corrected chi connectivity index (χ1v) is 11.6. The lowest BCUT2D eigenvalue weighted by Crippen LogP contribution is -2.54. The summed E-state index contributed by atoms with van der Waals surface area (Å²) in [5.74, 6) is 0.326. The van der Waals surface area contributed by atoms with Crippen molar-refractivity contribution < 1.29 is 14.3 Å². The number of piperidine rings is 1. The number of fused-ring (bicyclic) bond motifs is 1. The zero-order valence-electron chi connectivity index (χ0n) is 19.2. The van der Waals surface area contributed by atoms with Crippen molar-refractivity contribution in [3.63, 3.8) is 0 Å². The maximum atomic E-state index is 13.5. The van der Waals surface area contributed by atoms with Gasteiger partial charge in [-0.2, -0.15) is 0 Å². The maximum Gasteiger partial charge on any atom is 0.321 e. The van der Waals surface area contributed by atoms with Crippen LogP contribution in [-0.4, -0.2) is 86.2 Å². The maximum absolute atomic E-state index is 13.5. The Morgan fingerprint density at radius 2 is 1.94 bits per heavy atom. The number of anilines is 1. The van der Waals surface area contributed by atoms with Crippen LogP contribution in [-0.2, 0) is 9.53 Å². The number of amides is 3. The molecule has 3 aliphatic rings. The first-order valence-electron chi connectivity index (χ1n) is 11.6. The lowest BCUT2D eigenvalue weighted by Gasteiger charge is -2.47. The van der Waals surface area contributed by atoms with Gasteiger partial charge in [0.05, 0.1) is 12.0 Å². The van der Waals surface area contributed by atoms with Crippen LogP contribution in [0.3, 0.4) is 0 Å². The Hall–Kier alpha value is -2.12. The van der Waals surface area contributed by atoms with Crippen molar-refractivity contribution in [3.8, 4) is 0 Å². The number of aryl methyl sites for hydroxylation is 1. The third-order valence-corrected chi connectivity index (χ3v) is 7.81. The van der Waals surface area contributed by atoms with Crippen LogP contribution in [0.5, 0.6) is 0 Å². The molecule has 0 aromatic heterocycles. The van der Waals surface area contributed by atoms with E-state index >= 15 is 0 Å². The molecule has 31 heavy (non-hydrogen) atoms. The second-order valence-corrected chi connectivity index (χ2v) is 9.49. The highest BCUT2D eigenvalue weighted by Gasteiger charge is 2.64. The van der Waals surface area contributed by atoms with Gasteiger partial charge in [0.2, 0.25) is 5.91 Å². The third kappa shape index (κ3) is 3.94. The second-order valence-electron chi connectivity index (χ2n) is 9.49. The van der Waals surface area contributed by atoms with Crippen LogP contribution in [0.25, 0.3) is 0 Å². The molecule has 3 aliphatic heterocycles. The van der Waals surface area contributed by atoms with Gasteiger partial charge in [0.25, 0.3) is 0 Å². The molecule has 3 fully saturated rings. The highest BCUT2D eigenvalue weighted by atomic mass is 16.5. The van der Waals surface area contributed by atoms with Crippen LogP contribution < -0.4 is 5.32 Å². The molecular formula is C24H36N4O3. The van der Waals surface area contributed by atoms with E-state index in [1.54, 1.807) is 7.11 Å². The van der Waals surface area contributed by atoms with E-state index in [0.717, 1.165) is 63.2 Å². The van der Waals surface area contributed by atoms with Crippen LogP contribution in [0.2, 0.25) is 0 Å². The SMILES string of the molecule is CCN1CCC2(CN(CCOC)CC23CCN(C(=O)Nc2cccc(C)c2)CC3)C1=O. The number of nitrogens with zero attached hydrogens (tertiary/aromatic N) is 3. The molecular weight excluding hydrogens is 392 g/mol. The Kier molecular flexibility index (Phi) is 6.26. The molecule has 1 unspecified atom stereocenters. The predicted octanol–water partition coefficient (Wildman–Crippen LogP) is 2.81. The van der Waals surface area contributed by atoms with Gasteiger partial charge >= 0.3 is 6.03 Å². The summed E-state index contributed by atoms with van der Waals surface area (Å²) in [6, 6.07) is 7.84. The molecule has 7 nitrogen and oxygen atoms in total. The Bertz CT molecular complexity index is 821. The molecule has 1 aromatic carbocycles. The zero-order chi connectivity index (χ0) is 22.1. The van der Waals surface area contributed by atoms with Crippen molar-refractivity contribution in [2.45, 2.75) is 33.1 Å². The summed E-state index contributed by atoms with van der Waals surface area (Å²) in [6.45, 7) is 10.4. The number of rotatable bonds is 5. The number of urea groups is 1. The summed E-state index contributed by atoms with van der Waals surface area (Å²) in [7, 11) is 1.73. The van der Waals surface area contributed by atoms with E-state index in [9.17, 15) is 9.59 Å². The summed E-state index contributed by atoms with van der Waals surface area (Å²) in [4.78, 5) is 32.8. The number of ether oxygens (including phenoxy) is 1. The average molecular weight is 429 g/mol. The standard InChI is InChI=1S/C24H36N4O3/c1-4-27-13-10-24(21(27)29)18-26(14-15-31-3)17-23(24)8-11-28(12-9-23)22(30)25-20-7-5-6-19(2)16-20/h5-7,16H,4,8-15,17-18H2,1-3H3,(H,25,30). The fraction of sp³-hybridized carbons (Fsp3) is 0.667. The number of benzene rings is 1. The minimum Gasteiger partial charge on any atom is -0.383 e. The van der Waals surface area contributed by atoms with Crippen molar-refractivity contribution in [3.05, 3.63) is 29.8 Å². The summed E-state index contributed by atoms with van der Waals surface area (Å²) in [5, 5.41) is 3.04. The van der Waals surface area contributed by atoms with Gasteiger partial charge in [0.1, 0.15) is 0 Å². The minimum absolute atomic E-state index is 0.0448. The predicted molar refractivity (Wildman–Crippen MR) is 121 cm³/mol. The second kappa shape index (κ2) is 8.79. The van der Waals surface area contributed by atoms with Crippen molar-refractivity contribution in [1.82, 2.24) is 14.7 Å². The molecule has 170 valence electrons. The fourth-order valence-corrected chi connectivity index (χ4v) is 6.04. The van der Waals surface area contributed by atoms with Gasteiger partial charge < -0.3 is 19.9 Å². The van der Waals surface area contributed by atoms with Gasteiger partial charge in [-0.1, -0.05) is 12.1 Å². The number of hydrogen-bond donors (Lipinski definition) is 1. The molecule has 1 aromatic rings. The molecule has 7 heteroatoms. The van der Waals surface area contributed by atoms with E-state index in [0.29, 0.717) is 25.6 Å². The van der Waals surface area contributed by atoms with E-state index in [-0.39, 0.29) is 16.9 Å². The monoisotopic (exact) mass is 428 g/mol. The van der Waals surface area contributed by atoms with Gasteiger partial charge in [0.15, 0.2) is 0 Å². The van der Waals surface area contributed by atoms with Crippen LogP contribution in [0.4, 0.5) is 10.5 Å². The number of nitrogens with one attached hydrogen (secondary N) is 1. The molecule has 1 N–H and O–H groups in total. The van der Waals surface area contributed by atoms with Gasteiger partial charge in [-0.05, 0) is 50.8 Å². The first-order chi connectivity index (χ1) is 14.9. The van der Waals surface area contributed by atoms with Crippen LogP contribution in [0.15, 0.2) is 24.3 Å². The quantitative estimate of drug-likeness (QED) is 0.783. The molecule has 2 spiro atoms. The molecule has 3 saturated heterocycles. The summed E-state index contributed by atoms with van der Waals surface area (Å²) in [6.07, 6.45) is 2.68. The summed E-state index contributed by atoms with van der Waals surface area (Å²) >= 11 is 0. The van der Waals surface area contributed by atoms with Crippen LogP contribution in [0.1, 0.15) is 31.7 Å². The molecule has 4 rings (SSSR count). The molecule has 0 aliphatic carbocycles. The number of carbonyl (C=O) groups is 2. The number of likely N-dealkylation sites (tertiary alicyclic amines) is 3. The number of methoxy groups -OCH3 is 1. The van der Waals surface area contributed by atoms with Crippen LogP contribution in [0, 0.1) is 17.8 Å². The van der Waals surface area contributed by atoms with E-state index in [2.05, 4.69) is 17.1 Å². The average Bonchev–Trinajstić information content (AvgIpc) is 3.24. The van der Waals surface area contributed by atoms with E-state index in [1.807, 2.05) is 41.0 Å². The van der Waals surface area contributed by atoms with Gasteiger partial charge in [0, 0.05) is 64.0 Å². The largest absolute Gasteiger partial charge is 0.383 e. The Morgan fingerprint density at radius 3 is 2.58 bits per heavy atom. The molecule has 0 bridgehead atoms. The highest BCUT2D eigenvalue weighted by Crippen LogP contribution is 2.57. The van der Waals surface area contributed by atoms with E-state index in [4.69, 9.17) is 4.74 Å². The fourth-order valence-electron chi connectivity index (χ4n) is 6.04. The summed E-state index contributed by atoms with van der Waals surface area (Å²) < 4.78 is 5.32. The topological polar surface area (TPSA) is 65.1 Å². The summed E-state index contributed by atoms with van der Waals surface area (Å²) in [5.41, 5.74) is 1.59. The van der Waals surface area contributed by atoms with Crippen molar-refractivity contribution in [1.29, 1.82) is 0 Å². The number of hydrogen-bond acceptors (Lipinski definition) is 4. The molecule has 3 amide bonds. The molecule has 3 heterocycles. The lowest BCUT2D eigenvalue weighted by molar-refractivity contribution is -0.141. The van der Waals surface area contributed by atoms with E-state index in [1.165, 1.54) is 0 Å². The normalized spacial score (nSPS) is 25.7. The molecule has 0 radical (unpaired) electrons. The highest BCUT2D eigenvalue weighted by molar-refractivity contribution is 5.90. The first kappa shape index (κ1) is 22.1. The van der Waals surface area contributed by atoms with Gasteiger partial charge in [-0.25, -0.2) is 4.79 Å². The Labute approximate surface area is 185 Å². The third-order valence-electron chi connectivity index (χ3n) is 7.81. The van der Waals surface area contributed by atoms with Gasteiger partial charge in [-0.3, -0.25) is 9.69 Å². The van der Waals surface area contributed by atoms with E-state index < -0.39 is 0 Å². The van der Waals surface area contributed by atoms with Gasteiger partial charge in [-0.15, -0.1) is 0 Å². The zero-order valence-corrected chi connectivity index (χ0v) is 19.2. The molecule has 1 atom stereocenters. The van der Waals surface area contributed by atoms with Crippen LogP contribution >= 0.6 is 0 Å². The minimum atomic E-state index is -0.310. The Morgan fingerprint density at radius 1 is 1.16 bits per heavy atom. The number of carbonyl (C=O) groups excluding carboxylic acids is 2. The van der Waals surface area contributed by atoms with Crippen molar-refractivity contribution >= 4 is 17.6 Å². The smallest absolute Gasteiger partial charge is 0.321 e. The molecule has 0 saturated carbocycles. The van der Waals surface area contributed by atoms with Crippen molar-refractivity contribution in [2.24, 2.45) is 10.8 Å².